The summed E-state index contributed by atoms with van der Waals surface area (Å²) < 4.78 is 51.4. The first-order valence-electron chi connectivity index (χ1n) is 12.6. The van der Waals surface area contributed by atoms with Crippen molar-refractivity contribution in [1.29, 1.82) is 0 Å². The lowest BCUT2D eigenvalue weighted by Crippen LogP contribution is -2.37. The molecule has 1 aliphatic rings. The minimum atomic E-state index is -4.32. The van der Waals surface area contributed by atoms with Crippen molar-refractivity contribution < 1.29 is 37.4 Å². The highest BCUT2D eigenvalue weighted by Gasteiger charge is 2.47. The molecule has 2 aromatic rings. The Kier molecular flexibility index (Phi) is 10.2. The summed E-state index contributed by atoms with van der Waals surface area (Å²) in [6.45, 7) is 7.56. The number of aromatic amines is 1. The fraction of sp³-hybridized carbons (Fsp3) is 0.560. The Labute approximate surface area is 225 Å². The SMILES string of the molecule is CCCc1ccc(OP(=O)(NC(C)C(=O)OC(C)C)OCC2OC(n3cc(C)c(=O)[nH]c3=O)C(F)C2O)cc1. The Morgan fingerprint density at radius 1 is 1.26 bits per heavy atom. The highest BCUT2D eigenvalue weighted by Crippen LogP contribution is 2.46. The van der Waals surface area contributed by atoms with E-state index in [-0.39, 0.29) is 11.3 Å². The summed E-state index contributed by atoms with van der Waals surface area (Å²) in [7, 11) is -4.32. The van der Waals surface area contributed by atoms with Gasteiger partial charge in [-0.15, -0.1) is 0 Å². The number of aryl methyl sites for hydroxylation is 2. The average molecular weight is 572 g/mol. The summed E-state index contributed by atoms with van der Waals surface area (Å²) in [4.78, 5) is 38.3. The predicted molar refractivity (Wildman–Crippen MR) is 139 cm³/mol. The summed E-state index contributed by atoms with van der Waals surface area (Å²) in [6, 6.07) is 5.67. The molecule has 39 heavy (non-hydrogen) atoms. The molecule has 1 saturated heterocycles. The van der Waals surface area contributed by atoms with Gasteiger partial charge >= 0.3 is 19.4 Å². The summed E-state index contributed by atoms with van der Waals surface area (Å²) in [5.41, 5.74) is -0.389. The van der Waals surface area contributed by atoms with Crippen LogP contribution in [0.1, 0.15) is 51.5 Å². The molecule has 0 radical (unpaired) electrons. The first kappa shape index (κ1) is 30.7. The molecular formula is C25H35FN3O9P. The standard InChI is InChI=1S/C25H35FN3O9P/c1-6-7-17-8-10-18(11-9-17)38-39(34,28-16(5)24(32)36-14(2)3)35-13-19-21(30)20(26)23(37-19)29-12-15(4)22(31)27-25(29)33/h8-12,14,16,19-21,23,30H,6-7,13H2,1-5H3,(H,28,34)(H,27,31,33). The molecule has 14 heteroatoms. The van der Waals surface area contributed by atoms with Crippen molar-refractivity contribution in [2.75, 3.05) is 6.61 Å². The third-order valence-corrected chi connectivity index (χ3v) is 7.51. The van der Waals surface area contributed by atoms with E-state index in [1.807, 2.05) is 11.9 Å². The van der Waals surface area contributed by atoms with Crippen LogP contribution < -0.4 is 20.9 Å². The van der Waals surface area contributed by atoms with Crippen LogP contribution in [0.15, 0.2) is 40.1 Å². The van der Waals surface area contributed by atoms with Crippen molar-refractivity contribution in [3.63, 3.8) is 0 Å². The van der Waals surface area contributed by atoms with Crippen molar-refractivity contribution in [2.24, 2.45) is 0 Å². The monoisotopic (exact) mass is 571 g/mol. The zero-order valence-electron chi connectivity index (χ0n) is 22.5. The van der Waals surface area contributed by atoms with Crippen molar-refractivity contribution in [3.05, 3.63) is 62.4 Å². The highest BCUT2D eigenvalue weighted by atomic mass is 31.2. The van der Waals surface area contributed by atoms with Gasteiger partial charge in [0.25, 0.3) is 5.56 Å². The van der Waals surface area contributed by atoms with Crippen molar-refractivity contribution in [2.45, 2.75) is 84.2 Å². The molecule has 1 aliphatic heterocycles. The Morgan fingerprint density at radius 2 is 1.92 bits per heavy atom. The van der Waals surface area contributed by atoms with Gasteiger partial charge in [-0.2, -0.15) is 5.09 Å². The van der Waals surface area contributed by atoms with E-state index in [0.717, 1.165) is 29.2 Å². The number of carbonyl (C=O) groups is 1. The third-order valence-electron chi connectivity index (χ3n) is 5.87. The number of aliphatic hydroxyl groups is 1. The van der Waals surface area contributed by atoms with Gasteiger partial charge in [0.1, 0.15) is 24.0 Å². The fourth-order valence-corrected chi connectivity index (χ4v) is 5.37. The van der Waals surface area contributed by atoms with Gasteiger partial charge in [-0.05, 0) is 51.8 Å². The van der Waals surface area contributed by atoms with E-state index in [4.69, 9.17) is 18.5 Å². The fourth-order valence-electron chi connectivity index (χ4n) is 3.87. The average Bonchev–Trinajstić information content (AvgIpc) is 3.14. The van der Waals surface area contributed by atoms with Gasteiger partial charge in [-0.25, -0.2) is 13.8 Å². The van der Waals surface area contributed by atoms with Gasteiger partial charge in [0.2, 0.25) is 0 Å². The van der Waals surface area contributed by atoms with Crippen molar-refractivity contribution in [1.82, 2.24) is 14.6 Å². The van der Waals surface area contributed by atoms with E-state index < -0.39 is 68.3 Å². The van der Waals surface area contributed by atoms with Crippen LogP contribution in [0.4, 0.5) is 4.39 Å². The number of halogens is 1. The van der Waals surface area contributed by atoms with Gasteiger partial charge < -0.3 is 19.1 Å². The van der Waals surface area contributed by atoms with Crippen LogP contribution in [-0.2, 0) is 29.8 Å². The molecule has 1 fully saturated rings. The topological polar surface area (TPSA) is 158 Å². The number of aliphatic hydroxyl groups excluding tert-OH is 1. The number of hydrogen-bond donors (Lipinski definition) is 3. The molecule has 12 nitrogen and oxygen atoms in total. The van der Waals surface area contributed by atoms with Gasteiger partial charge in [0, 0.05) is 11.8 Å². The minimum Gasteiger partial charge on any atom is -0.462 e. The van der Waals surface area contributed by atoms with Gasteiger partial charge in [0.15, 0.2) is 12.4 Å². The number of esters is 1. The normalized spacial score (nSPS) is 23.4. The Morgan fingerprint density at radius 3 is 2.54 bits per heavy atom. The van der Waals surface area contributed by atoms with E-state index >= 15 is 0 Å². The first-order valence-corrected chi connectivity index (χ1v) is 14.2. The number of nitrogens with zero attached hydrogens (tertiary/aromatic N) is 1. The molecule has 3 rings (SSSR count). The van der Waals surface area contributed by atoms with Gasteiger partial charge in [0.05, 0.1) is 12.7 Å². The molecule has 6 unspecified atom stereocenters. The van der Waals surface area contributed by atoms with Gasteiger partial charge in [-0.3, -0.25) is 23.7 Å². The van der Waals surface area contributed by atoms with Crippen LogP contribution >= 0.6 is 7.75 Å². The number of alkyl halides is 1. The largest absolute Gasteiger partial charge is 0.462 e. The van der Waals surface area contributed by atoms with Crippen LogP contribution in [0.25, 0.3) is 0 Å². The maximum absolute atomic E-state index is 15.0. The number of H-pyrrole nitrogens is 1. The number of benzene rings is 1. The molecule has 0 aliphatic carbocycles. The smallest absolute Gasteiger partial charge is 0.459 e. The summed E-state index contributed by atoms with van der Waals surface area (Å²) in [5.74, 6) is -0.524. The number of hydrogen-bond acceptors (Lipinski definition) is 9. The number of rotatable bonds is 12. The molecule has 216 valence electrons. The van der Waals surface area contributed by atoms with Crippen molar-refractivity contribution >= 4 is 13.7 Å². The van der Waals surface area contributed by atoms with Crippen LogP contribution in [-0.4, -0.2) is 57.8 Å². The number of aromatic nitrogens is 2. The van der Waals surface area contributed by atoms with E-state index in [2.05, 4.69) is 5.09 Å². The van der Waals surface area contributed by atoms with E-state index in [0.29, 0.717) is 0 Å². The minimum absolute atomic E-state index is 0.133. The molecule has 1 aromatic carbocycles. The lowest BCUT2D eigenvalue weighted by Gasteiger charge is -2.25. The van der Waals surface area contributed by atoms with Gasteiger partial charge in [-0.1, -0.05) is 25.5 Å². The number of nitrogens with one attached hydrogen (secondary N) is 2. The zero-order chi connectivity index (χ0) is 28.9. The second-order valence-electron chi connectivity index (χ2n) is 9.59. The zero-order valence-corrected chi connectivity index (χ0v) is 23.4. The van der Waals surface area contributed by atoms with E-state index in [1.54, 1.807) is 38.1 Å². The van der Waals surface area contributed by atoms with Crippen LogP contribution in [0.2, 0.25) is 0 Å². The van der Waals surface area contributed by atoms with E-state index in [9.17, 15) is 28.4 Å². The molecule has 0 bridgehead atoms. The highest BCUT2D eigenvalue weighted by molar-refractivity contribution is 7.52. The predicted octanol–water partition coefficient (Wildman–Crippen LogP) is 2.53. The quantitative estimate of drug-likeness (QED) is 0.255. The first-order chi connectivity index (χ1) is 18.3. The Hall–Kier alpha value is -2.83. The molecule has 0 amide bonds. The molecule has 0 saturated carbocycles. The Balaban J connectivity index is 1.79. The van der Waals surface area contributed by atoms with Crippen LogP contribution in [0, 0.1) is 6.92 Å². The maximum atomic E-state index is 15.0. The van der Waals surface area contributed by atoms with Crippen LogP contribution in [0.5, 0.6) is 5.75 Å². The molecular weight excluding hydrogens is 536 g/mol. The third kappa shape index (κ3) is 7.86. The molecule has 6 atom stereocenters. The second kappa shape index (κ2) is 13.0. The molecule has 1 aromatic heterocycles. The summed E-state index contributed by atoms with van der Waals surface area (Å²) in [5, 5.41) is 13.0. The molecule has 2 heterocycles. The number of ether oxygens (including phenoxy) is 2. The second-order valence-corrected chi connectivity index (χ2v) is 11.3. The molecule has 3 N–H and O–H groups in total. The number of carbonyl (C=O) groups excluding carboxylic acids is 1. The van der Waals surface area contributed by atoms with E-state index in [1.165, 1.54) is 13.8 Å². The Bertz CT molecular complexity index is 1300. The van der Waals surface area contributed by atoms with Crippen molar-refractivity contribution in [3.8, 4) is 5.75 Å². The lowest BCUT2D eigenvalue weighted by molar-refractivity contribution is -0.149. The molecule has 0 spiro atoms. The van der Waals surface area contributed by atoms with Crippen LogP contribution in [0.3, 0.4) is 0 Å². The summed E-state index contributed by atoms with van der Waals surface area (Å²) >= 11 is 0. The maximum Gasteiger partial charge on any atom is 0.459 e. The lowest BCUT2D eigenvalue weighted by atomic mass is 10.1. The summed E-state index contributed by atoms with van der Waals surface area (Å²) in [6.07, 6.45) is -4.30.